The lowest BCUT2D eigenvalue weighted by atomic mass is 10.3. The van der Waals surface area contributed by atoms with Gasteiger partial charge in [0.05, 0.1) is 11.0 Å². The first-order chi connectivity index (χ1) is 6.50. The molecule has 0 aromatic carbocycles. The van der Waals surface area contributed by atoms with Crippen molar-refractivity contribution < 1.29 is 9.21 Å². The van der Waals surface area contributed by atoms with E-state index in [1.807, 2.05) is 0 Å². The first kappa shape index (κ1) is 11.2. The van der Waals surface area contributed by atoms with E-state index >= 15 is 0 Å². The standard InChI is InChI=1S/C8H9BrN2O2S/c1-4(7(10)14)11-8(12)5-2-3-6(9)13-5/h2-4H,1H3,(H2,10,14)(H,11,12). The lowest BCUT2D eigenvalue weighted by Crippen LogP contribution is -2.41. The quantitative estimate of drug-likeness (QED) is 0.820. The van der Waals surface area contributed by atoms with Gasteiger partial charge in [-0.25, -0.2) is 0 Å². The van der Waals surface area contributed by atoms with Crippen molar-refractivity contribution in [2.75, 3.05) is 0 Å². The highest BCUT2D eigenvalue weighted by atomic mass is 79.9. The maximum absolute atomic E-state index is 11.4. The predicted molar refractivity (Wildman–Crippen MR) is 60.1 cm³/mol. The molecule has 0 saturated heterocycles. The fourth-order valence-electron chi connectivity index (χ4n) is 0.775. The summed E-state index contributed by atoms with van der Waals surface area (Å²) in [6.07, 6.45) is 0. The van der Waals surface area contributed by atoms with Crippen molar-refractivity contribution in [1.29, 1.82) is 0 Å². The van der Waals surface area contributed by atoms with Gasteiger partial charge in [-0.2, -0.15) is 0 Å². The molecule has 1 aromatic heterocycles. The van der Waals surface area contributed by atoms with E-state index in [0.29, 0.717) is 4.67 Å². The average molecular weight is 277 g/mol. The summed E-state index contributed by atoms with van der Waals surface area (Å²) in [5.41, 5.74) is 5.34. The van der Waals surface area contributed by atoms with Gasteiger partial charge >= 0.3 is 0 Å². The van der Waals surface area contributed by atoms with Gasteiger partial charge in [-0.3, -0.25) is 4.79 Å². The van der Waals surface area contributed by atoms with Gasteiger partial charge in [-0.1, -0.05) is 12.2 Å². The maximum Gasteiger partial charge on any atom is 0.287 e. The summed E-state index contributed by atoms with van der Waals surface area (Å²) in [6.45, 7) is 1.71. The number of halogens is 1. The van der Waals surface area contributed by atoms with Crippen LogP contribution in [0.1, 0.15) is 17.5 Å². The smallest absolute Gasteiger partial charge is 0.287 e. The van der Waals surface area contributed by atoms with Crippen LogP contribution in [-0.2, 0) is 0 Å². The average Bonchev–Trinajstić information content (AvgIpc) is 2.51. The minimum Gasteiger partial charge on any atom is -0.444 e. The molecule has 1 rings (SSSR count). The number of rotatable bonds is 3. The Morgan fingerprint density at radius 1 is 1.71 bits per heavy atom. The van der Waals surface area contributed by atoms with Crippen molar-refractivity contribution in [2.24, 2.45) is 5.73 Å². The predicted octanol–water partition coefficient (Wildman–Crippen LogP) is 1.45. The number of hydrogen-bond donors (Lipinski definition) is 2. The van der Waals surface area contributed by atoms with Crippen LogP contribution in [-0.4, -0.2) is 16.9 Å². The number of nitrogens with two attached hydrogens (primary N) is 1. The number of carbonyl (C=O) groups excluding carboxylic acids is 1. The van der Waals surface area contributed by atoms with Crippen molar-refractivity contribution in [2.45, 2.75) is 13.0 Å². The molecule has 0 bridgehead atoms. The molecule has 0 fully saturated rings. The number of amides is 1. The SMILES string of the molecule is CC(NC(=O)c1ccc(Br)o1)C(N)=S. The van der Waals surface area contributed by atoms with Crippen LogP contribution in [0.15, 0.2) is 21.2 Å². The van der Waals surface area contributed by atoms with Crippen LogP contribution in [0.3, 0.4) is 0 Å². The molecule has 1 atom stereocenters. The van der Waals surface area contributed by atoms with Crippen LogP contribution in [0.4, 0.5) is 0 Å². The fraction of sp³-hybridized carbons (Fsp3) is 0.250. The monoisotopic (exact) mass is 276 g/mol. The van der Waals surface area contributed by atoms with Gasteiger partial charge in [0.1, 0.15) is 0 Å². The molecule has 1 amide bonds. The second kappa shape index (κ2) is 4.56. The molecule has 0 aliphatic rings. The molecule has 0 aliphatic carbocycles. The molecule has 0 radical (unpaired) electrons. The van der Waals surface area contributed by atoms with Crippen LogP contribution in [0.2, 0.25) is 0 Å². The van der Waals surface area contributed by atoms with E-state index in [9.17, 15) is 4.79 Å². The summed E-state index contributed by atoms with van der Waals surface area (Å²) in [6, 6.07) is 2.85. The molecule has 1 aromatic rings. The second-order valence-corrected chi connectivity index (χ2v) is 3.95. The summed E-state index contributed by atoms with van der Waals surface area (Å²) in [5, 5.41) is 2.59. The Kier molecular flexibility index (Phi) is 3.65. The van der Waals surface area contributed by atoms with E-state index in [1.54, 1.807) is 19.1 Å². The van der Waals surface area contributed by atoms with Crippen molar-refractivity contribution in [3.63, 3.8) is 0 Å². The van der Waals surface area contributed by atoms with Crippen LogP contribution in [0.5, 0.6) is 0 Å². The van der Waals surface area contributed by atoms with E-state index in [4.69, 9.17) is 22.4 Å². The Bertz CT molecular complexity index is 364. The van der Waals surface area contributed by atoms with Crippen molar-refractivity contribution >= 4 is 39.0 Å². The number of hydrogen-bond acceptors (Lipinski definition) is 3. The molecule has 4 nitrogen and oxygen atoms in total. The molecule has 0 saturated carbocycles. The zero-order valence-electron chi connectivity index (χ0n) is 7.41. The normalized spacial score (nSPS) is 12.1. The first-order valence-corrected chi connectivity index (χ1v) is 5.06. The van der Waals surface area contributed by atoms with Crippen molar-refractivity contribution in [3.05, 3.63) is 22.6 Å². The number of furan rings is 1. The van der Waals surface area contributed by atoms with Gasteiger partial charge < -0.3 is 15.5 Å². The number of nitrogens with one attached hydrogen (secondary N) is 1. The van der Waals surface area contributed by atoms with E-state index in [0.717, 1.165) is 0 Å². The molecule has 6 heteroatoms. The molecular weight excluding hydrogens is 268 g/mol. The Labute approximate surface area is 95.0 Å². The van der Waals surface area contributed by atoms with Crippen molar-refractivity contribution in [3.8, 4) is 0 Å². The number of carbonyl (C=O) groups is 1. The summed E-state index contributed by atoms with van der Waals surface area (Å²) < 4.78 is 5.55. The van der Waals surface area contributed by atoms with Gasteiger partial charge in [-0.05, 0) is 35.0 Å². The Balaban J connectivity index is 2.63. The lowest BCUT2D eigenvalue weighted by Gasteiger charge is -2.10. The van der Waals surface area contributed by atoms with Crippen LogP contribution < -0.4 is 11.1 Å². The van der Waals surface area contributed by atoms with Gasteiger partial charge in [0.2, 0.25) is 0 Å². The van der Waals surface area contributed by atoms with Crippen LogP contribution in [0, 0.1) is 0 Å². The molecule has 14 heavy (non-hydrogen) atoms. The molecule has 1 heterocycles. The molecular formula is C8H9BrN2O2S. The lowest BCUT2D eigenvalue weighted by molar-refractivity contribution is 0.0920. The van der Waals surface area contributed by atoms with Crippen LogP contribution in [0.25, 0.3) is 0 Å². The summed E-state index contributed by atoms with van der Waals surface area (Å²) in [4.78, 5) is 11.7. The van der Waals surface area contributed by atoms with E-state index in [-0.39, 0.29) is 22.7 Å². The second-order valence-electron chi connectivity index (χ2n) is 2.70. The zero-order valence-corrected chi connectivity index (χ0v) is 9.81. The first-order valence-electron chi connectivity index (χ1n) is 3.86. The minimum absolute atomic E-state index is 0.222. The fourth-order valence-corrected chi connectivity index (χ4v) is 1.14. The van der Waals surface area contributed by atoms with E-state index in [1.165, 1.54) is 0 Å². The van der Waals surface area contributed by atoms with Gasteiger partial charge in [-0.15, -0.1) is 0 Å². The molecule has 1 unspecified atom stereocenters. The van der Waals surface area contributed by atoms with E-state index < -0.39 is 0 Å². The largest absolute Gasteiger partial charge is 0.444 e. The highest BCUT2D eigenvalue weighted by Crippen LogP contribution is 2.13. The van der Waals surface area contributed by atoms with Crippen molar-refractivity contribution in [1.82, 2.24) is 5.32 Å². The third-order valence-corrected chi connectivity index (χ3v) is 2.35. The Morgan fingerprint density at radius 3 is 2.79 bits per heavy atom. The van der Waals surface area contributed by atoms with Crippen LogP contribution >= 0.6 is 28.1 Å². The highest BCUT2D eigenvalue weighted by Gasteiger charge is 2.14. The van der Waals surface area contributed by atoms with E-state index in [2.05, 4.69) is 21.2 Å². The summed E-state index contributed by atoms with van der Waals surface area (Å²) >= 11 is 7.81. The third-order valence-electron chi connectivity index (χ3n) is 1.57. The number of thiocarbonyl (C=S) groups is 1. The molecule has 76 valence electrons. The van der Waals surface area contributed by atoms with Gasteiger partial charge in [0.25, 0.3) is 5.91 Å². The highest BCUT2D eigenvalue weighted by molar-refractivity contribution is 9.10. The third kappa shape index (κ3) is 2.81. The Hall–Kier alpha value is -0.880. The Morgan fingerprint density at radius 2 is 2.36 bits per heavy atom. The summed E-state index contributed by atoms with van der Waals surface area (Å²) in [5.74, 6) is -0.115. The zero-order chi connectivity index (χ0) is 10.7. The minimum atomic E-state index is -0.346. The van der Waals surface area contributed by atoms with Gasteiger partial charge in [0, 0.05) is 0 Å². The molecule has 0 spiro atoms. The van der Waals surface area contributed by atoms with Gasteiger partial charge in [0.15, 0.2) is 10.4 Å². The molecule has 3 N–H and O–H groups in total. The maximum atomic E-state index is 11.4. The topological polar surface area (TPSA) is 68.3 Å². The molecule has 0 aliphatic heterocycles. The summed E-state index contributed by atoms with van der Waals surface area (Å²) in [7, 11) is 0.